The topological polar surface area (TPSA) is 67.3 Å². The van der Waals surface area contributed by atoms with Crippen molar-refractivity contribution >= 4 is 45.9 Å². The molecule has 2 aromatic carbocycles. The highest BCUT2D eigenvalue weighted by Gasteiger charge is 2.21. The number of halogens is 1. The second-order valence-corrected chi connectivity index (χ2v) is 5.57. The molecule has 0 aliphatic heterocycles. The Kier molecular flexibility index (Phi) is 4.40. The zero-order chi connectivity index (χ0) is 17.1. The van der Waals surface area contributed by atoms with E-state index in [2.05, 4.69) is 4.98 Å². The molecule has 0 amide bonds. The third-order valence-corrected chi connectivity index (χ3v) is 3.71. The van der Waals surface area contributed by atoms with Crippen LogP contribution in [0.2, 0.25) is 5.02 Å². The van der Waals surface area contributed by atoms with Crippen LogP contribution in [0.25, 0.3) is 22.6 Å². The fourth-order valence-electron chi connectivity index (χ4n) is 2.35. The van der Waals surface area contributed by atoms with Gasteiger partial charge in [0.05, 0.1) is 16.8 Å². The molecule has 0 aliphatic rings. The zero-order valence-electron chi connectivity index (χ0n) is 12.4. The van der Waals surface area contributed by atoms with Gasteiger partial charge in [0, 0.05) is 10.4 Å². The Morgan fingerprint density at radius 1 is 1.00 bits per heavy atom. The number of fused-ring (bicyclic) bond motifs is 1. The zero-order valence-corrected chi connectivity index (χ0v) is 13.2. The van der Waals surface area contributed by atoms with Crippen LogP contribution < -0.4 is 0 Å². The molecule has 0 spiro atoms. The van der Waals surface area contributed by atoms with Crippen LogP contribution >= 0.6 is 11.6 Å². The Morgan fingerprint density at radius 3 is 2.54 bits per heavy atom. The average Bonchev–Trinajstić information content (AvgIpc) is 2.58. The number of para-hydroxylation sites is 1. The average molecular weight is 338 g/mol. The Morgan fingerprint density at radius 2 is 1.79 bits per heavy atom. The van der Waals surface area contributed by atoms with Crippen molar-refractivity contribution in [1.29, 1.82) is 0 Å². The molecule has 0 fully saturated rings. The number of pyridine rings is 1. The highest BCUT2D eigenvalue weighted by atomic mass is 35.5. The summed E-state index contributed by atoms with van der Waals surface area (Å²) in [5.41, 5.74) is 1.63. The largest absolute Gasteiger partial charge is 0.475 e. The number of aromatic nitrogens is 1. The van der Waals surface area contributed by atoms with E-state index in [4.69, 9.17) is 16.7 Å². The van der Waals surface area contributed by atoms with E-state index in [0.717, 1.165) is 5.39 Å². The monoisotopic (exact) mass is 337 g/mol. The van der Waals surface area contributed by atoms with Crippen LogP contribution in [-0.2, 0) is 9.59 Å². The minimum Gasteiger partial charge on any atom is -0.475 e. The second kappa shape index (κ2) is 6.64. The molecule has 0 saturated carbocycles. The standard InChI is InChI=1S/C19H12ClNO3/c20-14-6-3-4-12(10-14)11-15(18(22)19(23)24)17-9-8-13-5-1-2-7-16(13)21-17/h1-11H,(H,23,24)/b15-11-. The Hall–Kier alpha value is -2.98. The van der Waals surface area contributed by atoms with Crippen molar-refractivity contribution in [2.45, 2.75) is 0 Å². The number of carbonyl (C=O) groups is 2. The first-order chi connectivity index (χ1) is 11.5. The van der Waals surface area contributed by atoms with Gasteiger partial charge in [-0.1, -0.05) is 48.0 Å². The summed E-state index contributed by atoms with van der Waals surface area (Å²) in [6, 6.07) is 17.7. The van der Waals surface area contributed by atoms with Gasteiger partial charge in [-0.15, -0.1) is 0 Å². The molecule has 0 bridgehead atoms. The smallest absolute Gasteiger partial charge is 0.377 e. The van der Waals surface area contributed by atoms with Crippen LogP contribution in [0.15, 0.2) is 60.7 Å². The van der Waals surface area contributed by atoms with E-state index in [1.165, 1.54) is 6.08 Å². The summed E-state index contributed by atoms with van der Waals surface area (Å²) in [6.07, 6.45) is 1.49. The number of carbonyl (C=O) groups excluding carboxylic acids is 1. The maximum atomic E-state index is 12.1. The molecule has 0 atom stereocenters. The van der Waals surface area contributed by atoms with Crippen molar-refractivity contribution in [2.24, 2.45) is 0 Å². The molecule has 0 saturated heterocycles. The van der Waals surface area contributed by atoms with Crippen molar-refractivity contribution in [3.8, 4) is 0 Å². The van der Waals surface area contributed by atoms with E-state index < -0.39 is 11.8 Å². The van der Waals surface area contributed by atoms with E-state index in [1.807, 2.05) is 18.2 Å². The van der Waals surface area contributed by atoms with Gasteiger partial charge in [-0.2, -0.15) is 0 Å². The molecule has 3 aromatic rings. The second-order valence-electron chi connectivity index (χ2n) is 5.14. The van der Waals surface area contributed by atoms with E-state index in [-0.39, 0.29) is 5.57 Å². The lowest BCUT2D eigenvalue weighted by Gasteiger charge is -2.06. The molecule has 1 heterocycles. The molecule has 24 heavy (non-hydrogen) atoms. The van der Waals surface area contributed by atoms with Crippen molar-refractivity contribution < 1.29 is 14.7 Å². The summed E-state index contributed by atoms with van der Waals surface area (Å²) >= 11 is 5.95. The quantitative estimate of drug-likeness (QED) is 0.575. The summed E-state index contributed by atoms with van der Waals surface area (Å²) < 4.78 is 0. The molecule has 0 unspecified atom stereocenters. The SMILES string of the molecule is O=C(O)C(=O)/C(=C\c1cccc(Cl)c1)c1ccc2ccccc2n1. The van der Waals surface area contributed by atoms with Gasteiger partial charge in [0.25, 0.3) is 5.78 Å². The molecule has 3 rings (SSSR count). The minimum atomic E-state index is -1.53. The number of benzene rings is 2. The Bertz CT molecular complexity index is 979. The van der Waals surface area contributed by atoms with Crippen LogP contribution in [0.3, 0.4) is 0 Å². The highest BCUT2D eigenvalue weighted by molar-refractivity contribution is 6.52. The fraction of sp³-hybridized carbons (Fsp3) is 0. The summed E-state index contributed by atoms with van der Waals surface area (Å²) in [6.45, 7) is 0. The van der Waals surface area contributed by atoms with Crippen molar-refractivity contribution in [2.75, 3.05) is 0 Å². The molecule has 5 heteroatoms. The van der Waals surface area contributed by atoms with Gasteiger partial charge in [-0.05, 0) is 35.9 Å². The summed E-state index contributed by atoms with van der Waals surface area (Å²) in [7, 11) is 0. The summed E-state index contributed by atoms with van der Waals surface area (Å²) in [4.78, 5) is 27.7. The summed E-state index contributed by atoms with van der Waals surface area (Å²) in [5, 5.41) is 10.5. The van der Waals surface area contributed by atoms with Crippen LogP contribution in [0.4, 0.5) is 0 Å². The normalized spacial score (nSPS) is 11.5. The third-order valence-electron chi connectivity index (χ3n) is 3.47. The third kappa shape index (κ3) is 3.34. The van der Waals surface area contributed by atoms with Gasteiger partial charge in [0.1, 0.15) is 0 Å². The Balaban J connectivity index is 2.16. The number of hydrogen-bond donors (Lipinski definition) is 1. The number of ketones is 1. The van der Waals surface area contributed by atoms with Crippen molar-refractivity contribution in [3.05, 3.63) is 76.9 Å². The van der Waals surface area contributed by atoms with Crippen LogP contribution in [-0.4, -0.2) is 21.8 Å². The molecule has 1 N–H and O–H groups in total. The molecular weight excluding hydrogens is 326 g/mol. The first kappa shape index (κ1) is 15.9. The fourth-order valence-corrected chi connectivity index (χ4v) is 2.55. The molecule has 0 aliphatic carbocycles. The van der Waals surface area contributed by atoms with Crippen LogP contribution in [0.1, 0.15) is 11.3 Å². The van der Waals surface area contributed by atoms with Gasteiger partial charge in [0.15, 0.2) is 0 Å². The van der Waals surface area contributed by atoms with Crippen LogP contribution in [0.5, 0.6) is 0 Å². The maximum Gasteiger partial charge on any atom is 0.377 e. The molecule has 118 valence electrons. The first-order valence-corrected chi connectivity index (χ1v) is 7.53. The van der Waals surface area contributed by atoms with E-state index in [0.29, 0.717) is 21.8 Å². The number of aliphatic carboxylic acids is 1. The number of Topliss-reactive ketones (excluding diaryl/α,β-unsaturated/α-hetero) is 1. The van der Waals surface area contributed by atoms with Gasteiger partial charge in [0.2, 0.25) is 0 Å². The predicted molar refractivity (Wildman–Crippen MR) is 93.7 cm³/mol. The number of carboxylic acids is 1. The lowest BCUT2D eigenvalue weighted by Crippen LogP contribution is -2.15. The summed E-state index contributed by atoms with van der Waals surface area (Å²) in [5.74, 6) is -2.55. The molecule has 4 nitrogen and oxygen atoms in total. The van der Waals surface area contributed by atoms with Gasteiger partial charge in [-0.25, -0.2) is 9.78 Å². The van der Waals surface area contributed by atoms with E-state index in [1.54, 1.807) is 42.5 Å². The van der Waals surface area contributed by atoms with E-state index >= 15 is 0 Å². The first-order valence-electron chi connectivity index (χ1n) is 7.15. The maximum absolute atomic E-state index is 12.1. The lowest BCUT2D eigenvalue weighted by atomic mass is 10.0. The predicted octanol–water partition coefficient (Wildman–Crippen LogP) is 4.08. The van der Waals surface area contributed by atoms with Gasteiger partial charge >= 0.3 is 5.97 Å². The highest BCUT2D eigenvalue weighted by Crippen LogP contribution is 2.22. The number of rotatable bonds is 4. The van der Waals surface area contributed by atoms with Crippen LogP contribution in [0, 0.1) is 0 Å². The lowest BCUT2D eigenvalue weighted by molar-refractivity contribution is -0.146. The van der Waals surface area contributed by atoms with E-state index in [9.17, 15) is 9.59 Å². The number of nitrogens with zero attached hydrogens (tertiary/aromatic N) is 1. The Labute approximate surface area is 143 Å². The number of hydrogen-bond acceptors (Lipinski definition) is 3. The molecule has 0 radical (unpaired) electrons. The molecular formula is C19H12ClNO3. The minimum absolute atomic E-state index is 0.00974. The molecule has 1 aromatic heterocycles. The van der Waals surface area contributed by atoms with Gasteiger partial charge < -0.3 is 5.11 Å². The number of carboxylic acid groups (broad SMARTS) is 1. The van der Waals surface area contributed by atoms with Gasteiger partial charge in [-0.3, -0.25) is 4.79 Å². The van der Waals surface area contributed by atoms with Crippen molar-refractivity contribution in [3.63, 3.8) is 0 Å². The van der Waals surface area contributed by atoms with Crippen molar-refractivity contribution in [1.82, 2.24) is 4.98 Å².